The van der Waals surface area contributed by atoms with Gasteiger partial charge in [0.2, 0.25) is 0 Å². The van der Waals surface area contributed by atoms with E-state index in [1.807, 2.05) is 24.3 Å². The van der Waals surface area contributed by atoms with Gasteiger partial charge in [0.1, 0.15) is 4.21 Å². The second-order valence-electron chi connectivity index (χ2n) is 5.10. The van der Waals surface area contributed by atoms with E-state index >= 15 is 0 Å². The number of sulfonamides is 1. The first-order valence-electron chi connectivity index (χ1n) is 7.45. The number of halogens is 1. The fourth-order valence-corrected chi connectivity index (χ4v) is 4.65. The molecule has 2 aromatic heterocycles. The minimum atomic E-state index is -3.71. The van der Waals surface area contributed by atoms with Crippen molar-refractivity contribution in [2.75, 3.05) is 10.0 Å². The highest BCUT2D eigenvalue weighted by Gasteiger charge is 2.17. The molecule has 1 aromatic carbocycles. The van der Waals surface area contributed by atoms with Crippen LogP contribution in [0.5, 0.6) is 0 Å². The van der Waals surface area contributed by atoms with E-state index in [4.69, 9.17) is 11.6 Å². The summed E-state index contributed by atoms with van der Waals surface area (Å²) < 4.78 is 27.4. The molecule has 130 valence electrons. The molecular formula is C16H15ClN4O2S2. The van der Waals surface area contributed by atoms with Gasteiger partial charge in [-0.2, -0.15) is 0 Å². The molecule has 0 radical (unpaired) electrons. The molecule has 25 heavy (non-hydrogen) atoms. The van der Waals surface area contributed by atoms with Gasteiger partial charge in [-0.25, -0.2) is 8.42 Å². The van der Waals surface area contributed by atoms with Gasteiger partial charge < -0.3 is 5.32 Å². The van der Waals surface area contributed by atoms with Gasteiger partial charge in [-0.1, -0.05) is 36.7 Å². The molecule has 2 heterocycles. The van der Waals surface area contributed by atoms with Crippen molar-refractivity contribution >= 4 is 50.3 Å². The number of nitrogens with one attached hydrogen (secondary N) is 2. The third-order valence-electron chi connectivity index (χ3n) is 3.38. The van der Waals surface area contributed by atoms with Crippen LogP contribution >= 0.6 is 22.9 Å². The zero-order chi connectivity index (χ0) is 17.9. The summed E-state index contributed by atoms with van der Waals surface area (Å²) in [5.74, 6) is 0.668. The number of para-hydroxylation sites is 1. The van der Waals surface area contributed by atoms with Crippen LogP contribution in [0.4, 0.5) is 17.3 Å². The largest absolute Gasteiger partial charge is 0.339 e. The van der Waals surface area contributed by atoms with E-state index in [0.717, 1.165) is 29.0 Å². The Bertz CT molecular complexity index is 972. The topological polar surface area (TPSA) is 84.0 Å². The molecule has 3 aromatic rings. The molecule has 9 heteroatoms. The summed E-state index contributed by atoms with van der Waals surface area (Å²) in [6.07, 6.45) is 0.887. The van der Waals surface area contributed by atoms with E-state index in [0.29, 0.717) is 10.2 Å². The minimum absolute atomic E-state index is 0.123. The molecule has 0 aliphatic heterocycles. The number of nitrogens with zero attached hydrogens (tertiary/aromatic N) is 2. The van der Waals surface area contributed by atoms with E-state index in [1.54, 1.807) is 12.1 Å². The van der Waals surface area contributed by atoms with Crippen LogP contribution in [0.15, 0.2) is 52.7 Å². The lowest BCUT2D eigenvalue weighted by Crippen LogP contribution is -2.13. The Morgan fingerprint density at radius 2 is 1.76 bits per heavy atom. The fourth-order valence-electron chi connectivity index (χ4n) is 2.17. The second kappa shape index (κ2) is 7.38. The lowest BCUT2D eigenvalue weighted by atomic mass is 10.1. The quantitative estimate of drug-likeness (QED) is 0.651. The van der Waals surface area contributed by atoms with Crippen LogP contribution < -0.4 is 10.0 Å². The molecule has 0 fully saturated rings. The molecule has 0 aliphatic carbocycles. The summed E-state index contributed by atoms with van der Waals surface area (Å²) in [6, 6.07) is 14.1. The van der Waals surface area contributed by atoms with E-state index in [-0.39, 0.29) is 10.0 Å². The molecular weight excluding hydrogens is 380 g/mol. The monoisotopic (exact) mass is 394 g/mol. The van der Waals surface area contributed by atoms with E-state index in [1.165, 1.54) is 12.1 Å². The Morgan fingerprint density at radius 1 is 1.04 bits per heavy atom. The number of aromatic nitrogens is 2. The number of anilines is 3. The van der Waals surface area contributed by atoms with Crippen molar-refractivity contribution in [2.24, 2.45) is 0 Å². The molecule has 3 rings (SSSR count). The van der Waals surface area contributed by atoms with Gasteiger partial charge in [0.25, 0.3) is 10.0 Å². The SMILES string of the molecule is CCc1ccccc1Nc1ccc(NS(=O)(=O)c2ccc(Cl)s2)nn1. The molecule has 0 aliphatic rings. The third kappa shape index (κ3) is 4.28. The van der Waals surface area contributed by atoms with Crippen LogP contribution in [0.2, 0.25) is 4.34 Å². The maximum atomic E-state index is 12.2. The summed E-state index contributed by atoms with van der Waals surface area (Å²) in [5, 5.41) is 11.1. The van der Waals surface area contributed by atoms with Gasteiger partial charge in [-0.3, -0.25) is 4.72 Å². The number of benzene rings is 1. The van der Waals surface area contributed by atoms with Crippen LogP contribution in [0.25, 0.3) is 0 Å². The van der Waals surface area contributed by atoms with Crippen molar-refractivity contribution < 1.29 is 8.42 Å². The van der Waals surface area contributed by atoms with Crippen molar-refractivity contribution in [1.29, 1.82) is 0 Å². The number of hydrogen-bond acceptors (Lipinski definition) is 6. The van der Waals surface area contributed by atoms with Crippen molar-refractivity contribution in [3.8, 4) is 0 Å². The summed E-state index contributed by atoms with van der Waals surface area (Å²) in [5.41, 5.74) is 2.10. The van der Waals surface area contributed by atoms with E-state index in [2.05, 4.69) is 27.2 Å². The molecule has 0 saturated carbocycles. The number of rotatable bonds is 6. The Labute approximate surface area is 154 Å². The summed E-state index contributed by atoms with van der Waals surface area (Å²) >= 11 is 6.76. The van der Waals surface area contributed by atoms with Gasteiger partial charge in [0.05, 0.1) is 4.34 Å². The maximum Gasteiger partial charge on any atom is 0.272 e. The highest BCUT2D eigenvalue weighted by molar-refractivity contribution is 7.94. The van der Waals surface area contributed by atoms with E-state index in [9.17, 15) is 8.42 Å². The molecule has 6 nitrogen and oxygen atoms in total. The predicted molar refractivity (Wildman–Crippen MR) is 101 cm³/mol. The first-order chi connectivity index (χ1) is 12.0. The first kappa shape index (κ1) is 17.7. The van der Waals surface area contributed by atoms with Crippen molar-refractivity contribution in [2.45, 2.75) is 17.6 Å². The van der Waals surface area contributed by atoms with E-state index < -0.39 is 10.0 Å². The molecule has 0 saturated heterocycles. The lowest BCUT2D eigenvalue weighted by Gasteiger charge is -2.10. The average Bonchev–Trinajstić information content (AvgIpc) is 3.04. The Balaban J connectivity index is 1.74. The van der Waals surface area contributed by atoms with Crippen molar-refractivity contribution in [1.82, 2.24) is 10.2 Å². The Kier molecular flexibility index (Phi) is 5.22. The number of thiophene rings is 1. The van der Waals surface area contributed by atoms with Crippen molar-refractivity contribution in [3.05, 3.63) is 58.4 Å². The van der Waals surface area contributed by atoms with Crippen LogP contribution in [-0.4, -0.2) is 18.6 Å². The normalized spacial score (nSPS) is 11.3. The van der Waals surface area contributed by atoms with Crippen molar-refractivity contribution in [3.63, 3.8) is 0 Å². The van der Waals surface area contributed by atoms with Crippen LogP contribution in [0.3, 0.4) is 0 Å². The van der Waals surface area contributed by atoms with Gasteiger partial charge in [0, 0.05) is 5.69 Å². The predicted octanol–water partition coefficient (Wildman–Crippen LogP) is 4.30. The Hall–Kier alpha value is -2.16. The average molecular weight is 395 g/mol. The fraction of sp³-hybridized carbons (Fsp3) is 0.125. The van der Waals surface area contributed by atoms with Gasteiger partial charge in [-0.15, -0.1) is 21.5 Å². The van der Waals surface area contributed by atoms with Gasteiger partial charge in [-0.05, 0) is 42.3 Å². The molecule has 0 spiro atoms. The standard InChI is InChI=1S/C16H15ClN4O2S2/c1-2-11-5-3-4-6-12(11)18-14-8-9-15(20-19-14)21-25(22,23)16-10-7-13(17)24-16/h3-10H,2H2,1H3,(H,18,19)(H,20,21). The highest BCUT2D eigenvalue weighted by Crippen LogP contribution is 2.27. The number of aryl methyl sites for hydroxylation is 1. The molecule has 0 unspecified atom stereocenters. The molecule has 0 amide bonds. The molecule has 2 N–H and O–H groups in total. The summed E-state index contributed by atoms with van der Waals surface area (Å²) in [7, 11) is -3.71. The molecule has 0 bridgehead atoms. The maximum absolute atomic E-state index is 12.2. The van der Waals surface area contributed by atoms with Crippen LogP contribution in [-0.2, 0) is 16.4 Å². The third-order valence-corrected chi connectivity index (χ3v) is 6.46. The highest BCUT2D eigenvalue weighted by atomic mass is 35.5. The smallest absolute Gasteiger partial charge is 0.272 e. The molecule has 0 atom stereocenters. The minimum Gasteiger partial charge on any atom is -0.339 e. The van der Waals surface area contributed by atoms with Crippen LogP contribution in [0.1, 0.15) is 12.5 Å². The zero-order valence-corrected chi connectivity index (χ0v) is 15.6. The van der Waals surface area contributed by atoms with Gasteiger partial charge in [0.15, 0.2) is 11.6 Å². The second-order valence-corrected chi connectivity index (χ2v) is 8.73. The Morgan fingerprint density at radius 3 is 2.40 bits per heavy atom. The first-order valence-corrected chi connectivity index (χ1v) is 10.1. The summed E-state index contributed by atoms with van der Waals surface area (Å²) in [4.78, 5) is 0. The lowest BCUT2D eigenvalue weighted by molar-refractivity contribution is 0.603. The zero-order valence-electron chi connectivity index (χ0n) is 13.2. The summed E-state index contributed by atoms with van der Waals surface area (Å²) in [6.45, 7) is 2.07. The van der Waals surface area contributed by atoms with Gasteiger partial charge >= 0.3 is 0 Å². The number of hydrogen-bond donors (Lipinski definition) is 2. The van der Waals surface area contributed by atoms with Crippen LogP contribution in [0, 0.1) is 0 Å².